The highest BCUT2D eigenvalue weighted by Gasteiger charge is 2.16. The van der Waals surface area contributed by atoms with E-state index < -0.39 is 0 Å². The number of amides is 1. The molecule has 1 heterocycles. The lowest BCUT2D eigenvalue weighted by Gasteiger charge is -2.23. The fourth-order valence-electron chi connectivity index (χ4n) is 2.32. The largest absolute Gasteiger partial charge is 0.484 e. The first-order valence-electron chi connectivity index (χ1n) is 7.40. The smallest absolute Gasteiger partial charge is 0.258 e. The van der Waals surface area contributed by atoms with Gasteiger partial charge >= 0.3 is 0 Å². The van der Waals surface area contributed by atoms with Gasteiger partial charge in [-0.25, -0.2) is 0 Å². The van der Waals surface area contributed by atoms with E-state index in [-0.39, 0.29) is 24.7 Å². The van der Waals surface area contributed by atoms with E-state index in [2.05, 4.69) is 5.32 Å². The highest BCUT2D eigenvalue weighted by Crippen LogP contribution is 2.13. The van der Waals surface area contributed by atoms with Crippen LogP contribution >= 0.6 is 0 Å². The number of aliphatic hydroxyl groups excluding tert-OH is 1. The molecule has 0 aromatic heterocycles. The van der Waals surface area contributed by atoms with E-state index in [1.165, 1.54) is 0 Å². The molecule has 0 spiro atoms. The normalized spacial score (nSPS) is 17.2. The summed E-state index contributed by atoms with van der Waals surface area (Å²) in [5.74, 6) is 0.557. The first-order valence-corrected chi connectivity index (χ1v) is 7.40. The molecule has 1 aliphatic rings. The summed E-state index contributed by atoms with van der Waals surface area (Å²) in [6, 6.07) is 7.64. The SMILES string of the molecule is CC(O)Cc1ccc(OCC(=O)NC2CCOCC2)cc1. The second-order valence-corrected chi connectivity index (χ2v) is 5.44. The summed E-state index contributed by atoms with van der Waals surface area (Å²) in [6.07, 6.45) is 1.98. The van der Waals surface area contributed by atoms with Gasteiger partial charge in [0.05, 0.1) is 6.10 Å². The van der Waals surface area contributed by atoms with E-state index in [0.29, 0.717) is 25.4 Å². The first kappa shape index (κ1) is 15.8. The Kier molecular flexibility index (Phi) is 6.02. The molecule has 0 saturated carbocycles. The van der Waals surface area contributed by atoms with Gasteiger partial charge < -0.3 is 19.9 Å². The maximum atomic E-state index is 11.8. The van der Waals surface area contributed by atoms with Crippen LogP contribution in [-0.2, 0) is 16.0 Å². The lowest BCUT2D eigenvalue weighted by atomic mass is 10.1. The Morgan fingerprint density at radius 2 is 2.05 bits per heavy atom. The van der Waals surface area contributed by atoms with Crippen molar-refractivity contribution in [2.24, 2.45) is 0 Å². The van der Waals surface area contributed by atoms with Crippen LogP contribution in [0.5, 0.6) is 5.75 Å². The molecule has 5 heteroatoms. The number of benzene rings is 1. The third-order valence-electron chi connectivity index (χ3n) is 3.41. The van der Waals surface area contributed by atoms with Crippen molar-refractivity contribution in [3.63, 3.8) is 0 Å². The van der Waals surface area contributed by atoms with Crippen molar-refractivity contribution in [3.05, 3.63) is 29.8 Å². The van der Waals surface area contributed by atoms with Crippen LogP contribution in [0.15, 0.2) is 24.3 Å². The van der Waals surface area contributed by atoms with Crippen LogP contribution in [-0.4, -0.2) is 43.0 Å². The quantitative estimate of drug-likeness (QED) is 0.829. The highest BCUT2D eigenvalue weighted by atomic mass is 16.5. The number of hydrogen-bond acceptors (Lipinski definition) is 4. The first-order chi connectivity index (χ1) is 10.1. The third kappa shape index (κ3) is 5.73. The molecule has 116 valence electrons. The number of aliphatic hydroxyl groups is 1. The monoisotopic (exact) mass is 293 g/mol. The van der Waals surface area contributed by atoms with Crippen molar-refractivity contribution in [1.29, 1.82) is 0 Å². The minimum Gasteiger partial charge on any atom is -0.484 e. The molecule has 5 nitrogen and oxygen atoms in total. The predicted octanol–water partition coefficient (Wildman–Crippen LogP) is 1.28. The molecule has 1 amide bonds. The van der Waals surface area contributed by atoms with Gasteiger partial charge in [0.2, 0.25) is 0 Å². The average molecular weight is 293 g/mol. The van der Waals surface area contributed by atoms with Crippen molar-refractivity contribution < 1.29 is 19.4 Å². The molecular weight excluding hydrogens is 270 g/mol. The lowest BCUT2D eigenvalue weighted by Crippen LogP contribution is -2.41. The van der Waals surface area contributed by atoms with Gasteiger partial charge in [-0.1, -0.05) is 12.1 Å². The maximum absolute atomic E-state index is 11.8. The summed E-state index contributed by atoms with van der Waals surface area (Å²) >= 11 is 0. The summed E-state index contributed by atoms with van der Waals surface area (Å²) < 4.78 is 10.7. The molecule has 1 saturated heterocycles. The molecule has 1 unspecified atom stereocenters. The summed E-state index contributed by atoms with van der Waals surface area (Å²) in [5, 5.41) is 12.3. The molecule has 1 aliphatic heterocycles. The fourth-order valence-corrected chi connectivity index (χ4v) is 2.32. The number of nitrogens with one attached hydrogen (secondary N) is 1. The van der Waals surface area contributed by atoms with Crippen LogP contribution in [0.1, 0.15) is 25.3 Å². The molecule has 1 aromatic rings. The van der Waals surface area contributed by atoms with E-state index >= 15 is 0 Å². The van der Waals surface area contributed by atoms with Gasteiger partial charge in [0.15, 0.2) is 6.61 Å². The number of carbonyl (C=O) groups excluding carboxylic acids is 1. The summed E-state index contributed by atoms with van der Waals surface area (Å²) in [5.41, 5.74) is 1.05. The van der Waals surface area contributed by atoms with Crippen LogP contribution in [0.2, 0.25) is 0 Å². The highest BCUT2D eigenvalue weighted by molar-refractivity contribution is 5.77. The van der Waals surface area contributed by atoms with Gasteiger partial charge in [-0.05, 0) is 43.9 Å². The van der Waals surface area contributed by atoms with Crippen molar-refractivity contribution in [2.75, 3.05) is 19.8 Å². The van der Waals surface area contributed by atoms with E-state index in [4.69, 9.17) is 9.47 Å². The molecule has 21 heavy (non-hydrogen) atoms. The number of ether oxygens (including phenoxy) is 2. The van der Waals surface area contributed by atoms with Gasteiger partial charge in [0, 0.05) is 19.3 Å². The van der Waals surface area contributed by atoms with Crippen molar-refractivity contribution in [2.45, 2.75) is 38.3 Å². The van der Waals surface area contributed by atoms with Gasteiger partial charge in [-0.15, -0.1) is 0 Å². The molecule has 0 aliphatic carbocycles. The van der Waals surface area contributed by atoms with Crippen molar-refractivity contribution >= 4 is 5.91 Å². The van der Waals surface area contributed by atoms with Gasteiger partial charge in [-0.2, -0.15) is 0 Å². The summed E-state index contributed by atoms with van der Waals surface area (Å²) in [4.78, 5) is 11.8. The second kappa shape index (κ2) is 8.00. The molecule has 1 aromatic carbocycles. The van der Waals surface area contributed by atoms with E-state index in [1.54, 1.807) is 6.92 Å². The van der Waals surface area contributed by atoms with Gasteiger partial charge in [0.25, 0.3) is 5.91 Å². The Hall–Kier alpha value is -1.59. The zero-order valence-corrected chi connectivity index (χ0v) is 12.4. The van der Waals surface area contributed by atoms with Gasteiger partial charge in [-0.3, -0.25) is 4.79 Å². The number of hydrogen-bond donors (Lipinski definition) is 2. The Morgan fingerprint density at radius 3 is 2.67 bits per heavy atom. The minimum absolute atomic E-state index is 0.0209. The van der Waals surface area contributed by atoms with E-state index in [1.807, 2.05) is 24.3 Å². The Bertz CT molecular complexity index is 438. The number of carbonyl (C=O) groups is 1. The van der Waals surface area contributed by atoms with E-state index in [9.17, 15) is 9.90 Å². The number of rotatable bonds is 6. The summed E-state index contributed by atoms with van der Waals surface area (Å²) in [6.45, 7) is 3.19. The molecule has 0 radical (unpaired) electrons. The predicted molar refractivity (Wildman–Crippen MR) is 79.3 cm³/mol. The Morgan fingerprint density at radius 1 is 1.38 bits per heavy atom. The van der Waals surface area contributed by atoms with Crippen LogP contribution in [0.4, 0.5) is 0 Å². The Balaban J connectivity index is 1.73. The van der Waals surface area contributed by atoms with Crippen molar-refractivity contribution in [3.8, 4) is 5.75 Å². The van der Waals surface area contributed by atoms with Gasteiger partial charge in [0.1, 0.15) is 5.75 Å². The molecular formula is C16H23NO4. The second-order valence-electron chi connectivity index (χ2n) is 5.44. The average Bonchev–Trinajstić information content (AvgIpc) is 2.47. The minimum atomic E-state index is -0.359. The molecule has 2 rings (SSSR count). The topological polar surface area (TPSA) is 67.8 Å². The lowest BCUT2D eigenvalue weighted by molar-refractivity contribution is -0.124. The Labute approximate surface area is 125 Å². The maximum Gasteiger partial charge on any atom is 0.258 e. The van der Waals surface area contributed by atoms with E-state index in [0.717, 1.165) is 18.4 Å². The molecule has 2 N–H and O–H groups in total. The molecule has 1 atom stereocenters. The van der Waals surface area contributed by atoms with Crippen LogP contribution in [0.25, 0.3) is 0 Å². The van der Waals surface area contributed by atoms with Crippen molar-refractivity contribution in [1.82, 2.24) is 5.32 Å². The van der Waals surface area contributed by atoms with Crippen LogP contribution in [0, 0.1) is 0 Å². The van der Waals surface area contributed by atoms with Crippen LogP contribution in [0.3, 0.4) is 0 Å². The molecule has 0 bridgehead atoms. The summed E-state index contributed by atoms with van der Waals surface area (Å²) in [7, 11) is 0. The molecule has 1 fully saturated rings. The van der Waals surface area contributed by atoms with Crippen LogP contribution < -0.4 is 10.1 Å². The fraction of sp³-hybridized carbons (Fsp3) is 0.562. The zero-order valence-electron chi connectivity index (χ0n) is 12.4. The standard InChI is InChI=1S/C16H23NO4/c1-12(18)10-13-2-4-15(5-3-13)21-11-16(19)17-14-6-8-20-9-7-14/h2-5,12,14,18H,6-11H2,1H3,(H,17,19). The third-order valence-corrected chi connectivity index (χ3v) is 3.41. The zero-order chi connectivity index (χ0) is 15.1.